The zero-order valence-electron chi connectivity index (χ0n) is 13.6. The molecule has 122 valence electrons. The Morgan fingerprint density at radius 3 is 2.54 bits per heavy atom. The van der Waals surface area contributed by atoms with E-state index in [0.717, 1.165) is 26.5 Å². The molecule has 0 saturated heterocycles. The summed E-state index contributed by atoms with van der Waals surface area (Å²) < 4.78 is 6.66. The van der Waals surface area contributed by atoms with Crippen LogP contribution in [0.1, 0.15) is 11.1 Å². The van der Waals surface area contributed by atoms with Crippen molar-refractivity contribution in [3.8, 4) is 5.75 Å². The Hall–Kier alpha value is -2.33. The lowest BCUT2D eigenvalue weighted by molar-refractivity contribution is -0.118. The molecule has 0 aromatic heterocycles. The van der Waals surface area contributed by atoms with Gasteiger partial charge in [-0.2, -0.15) is 0 Å². The number of carbonyl (C=O) groups is 1. The Morgan fingerprint density at radius 1 is 1.00 bits per heavy atom. The molecule has 0 unspecified atom stereocenters. The Balaban J connectivity index is 1.64. The topological polar surface area (TPSA) is 38.3 Å². The van der Waals surface area contributed by atoms with Crippen molar-refractivity contribution in [3.63, 3.8) is 0 Å². The minimum atomic E-state index is -0.169. The molecule has 0 bridgehead atoms. The normalized spacial score (nSPS) is 10.6. The van der Waals surface area contributed by atoms with Gasteiger partial charge in [-0.1, -0.05) is 45.8 Å². The molecule has 24 heavy (non-hydrogen) atoms. The summed E-state index contributed by atoms with van der Waals surface area (Å²) in [6.45, 7) is 3.99. The second-order valence-corrected chi connectivity index (χ2v) is 6.72. The van der Waals surface area contributed by atoms with Crippen LogP contribution in [0, 0.1) is 13.8 Å². The van der Waals surface area contributed by atoms with Crippen LogP contribution in [0.5, 0.6) is 5.75 Å². The molecule has 4 heteroatoms. The van der Waals surface area contributed by atoms with Crippen LogP contribution in [-0.4, -0.2) is 12.5 Å². The minimum Gasteiger partial charge on any atom is -0.484 e. The lowest BCUT2D eigenvalue weighted by Gasteiger charge is -2.10. The van der Waals surface area contributed by atoms with E-state index in [1.807, 2.05) is 68.4 Å². The zero-order valence-corrected chi connectivity index (χ0v) is 15.2. The maximum Gasteiger partial charge on any atom is 0.262 e. The molecule has 0 atom stereocenters. The Morgan fingerprint density at radius 2 is 1.75 bits per heavy atom. The first-order valence-corrected chi connectivity index (χ1v) is 8.50. The maximum absolute atomic E-state index is 12.1. The average Bonchev–Trinajstić information content (AvgIpc) is 2.55. The van der Waals surface area contributed by atoms with Crippen molar-refractivity contribution in [2.24, 2.45) is 0 Å². The summed E-state index contributed by atoms with van der Waals surface area (Å²) in [5.41, 5.74) is 3.03. The van der Waals surface area contributed by atoms with Gasteiger partial charge in [0.15, 0.2) is 6.61 Å². The summed E-state index contributed by atoms with van der Waals surface area (Å²) in [7, 11) is 0. The van der Waals surface area contributed by atoms with E-state index in [2.05, 4.69) is 21.2 Å². The predicted molar refractivity (Wildman–Crippen MR) is 102 cm³/mol. The van der Waals surface area contributed by atoms with E-state index in [-0.39, 0.29) is 12.5 Å². The highest BCUT2D eigenvalue weighted by atomic mass is 79.9. The molecule has 0 fully saturated rings. The van der Waals surface area contributed by atoms with E-state index >= 15 is 0 Å². The number of carbonyl (C=O) groups excluding carboxylic acids is 1. The molecule has 0 aliphatic heterocycles. The van der Waals surface area contributed by atoms with Gasteiger partial charge in [0.1, 0.15) is 5.75 Å². The molecule has 0 spiro atoms. The van der Waals surface area contributed by atoms with Gasteiger partial charge in [0.05, 0.1) is 0 Å². The van der Waals surface area contributed by atoms with E-state index in [1.54, 1.807) is 0 Å². The van der Waals surface area contributed by atoms with Gasteiger partial charge in [-0.05, 0) is 60.5 Å². The van der Waals surface area contributed by atoms with Crippen molar-refractivity contribution in [2.75, 3.05) is 11.9 Å². The Labute approximate surface area is 149 Å². The third kappa shape index (κ3) is 3.95. The fraction of sp³-hybridized carbons (Fsp3) is 0.150. The predicted octanol–water partition coefficient (Wildman–Crippen LogP) is 5.24. The SMILES string of the molecule is Cc1ccc(NC(=O)COc2ccc3cc(Br)ccc3c2)c(C)c1. The Kier molecular flexibility index (Phi) is 4.86. The third-order valence-electron chi connectivity index (χ3n) is 3.80. The number of aryl methyl sites for hydroxylation is 2. The minimum absolute atomic E-state index is 0.0185. The molecular weight excluding hydrogens is 366 g/mol. The lowest BCUT2D eigenvalue weighted by Crippen LogP contribution is -2.20. The number of anilines is 1. The summed E-state index contributed by atoms with van der Waals surface area (Å²) in [5, 5.41) is 5.08. The molecule has 3 nitrogen and oxygen atoms in total. The zero-order chi connectivity index (χ0) is 17.1. The van der Waals surface area contributed by atoms with Crippen molar-refractivity contribution in [2.45, 2.75) is 13.8 Å². The fourth-order valence-corrected chi connectivity index (χ4v) is 2.95. The number of hydrogen-bond donors (Lipinski definition) is 1. The van der Waals surface area contributed by atoms with E-state index in [1.165, 1.54) is 5.56 Å². The molecule has 0 radical (unpaired) electrons. The van der Waals surface area contributed by atoms with Gasteiger partial charge in [-0.3, -0.25) is 4.79 Å². The number of benzene rings is 3. The van der Waals surface area contributed by atoms with Gasteiger partial charge in [0.2, 0.25) is 0 Å². The molecule has 3 aromatic carbocycles. The van der Waals surface area contributed by atoms with Gasteiger partial charge in [0, 0.05) is 10.2 Å². The van der Waals surface area contributed by atoms with Gasteiger partial charge < -0.3 is 10.1 Å². The number of rotatable bonds is 4. The smallest absolute Gasteiger partial charge is 0.262 e. The van der Waals surface area contributed by atoms with E-state index < -0.39 is 0 Å². The third-order valence-corrected chi connectivity index (χ3v) is 4.29. The van der Waals surface area contributed by atoms with Gasteiger partial charge in [0.25, 0.3) is 5.91 Å². The molecular formula is C20H18BrNO2. The summed E-state index contributed by atoms with van der Waals surface area (Å²) in [6.07, 6.45) is 0. The summed E-state index contributed by atoms with van der Waals surface area (Å²) >= 11 is 3.46. The highest BCUT2D eigenvalue weighted by molar-refractivity contribution is 9.10. The van der Waals surface area contributed by atoms with Crippen LogP contribution in [0.4, 0.5) is 5.69 Å². The summed E-state index contributed by atoms with van der Waals surface area (Å²) in [4.78, 5) is 12.1. The standard InChI is InChI=1S/C20H18BrNO2/c1-13-3-8-19(14(2)9-13)22-20(23)12-24-18-7-5-15-10-17(21)6-4-16(15)11-18/h3-11H,12H2,1-2H3,(H,22,23). The monoisotopic (exact) mass is 383 g/mol. The number of amides is 1. The highest BCUT2D eigenvalue weighted by Gasteiger charge is 2.06. The molecule has 0 aliphatic rings. The van der Waals surface area contributed by atoms with E-state index in [9.17, 15) is 4.79 Å². The van der Waals surface area contributed by atoms with Crippen LogP contribution < -0.4 is 10.1 Å². The van der Waals surface area contributed by atoms with E-state index in [4.69, 9.17) is 4.74 Å². The number of nitrogens with one attached hydrogen (secondary N) is 1. The highest BCUT2D eigenvalue weighted by Crippen LogP contribution is 2.24. The second-order valence-electron chi connectivity index (χ2n) is 5.81. The molecule has 0 saturated carbocycles. The summed E-state index contributed by atoms with van der Waals surface area (Å²) in [6, 6.07) is 17.8. The maximum atomic E-state index is 12.1. The van der Waals surface area contributed by atoms with Crippen molar-refractivity contribution in [1.29, 1.82) is 0 Å². The molecule has 1 amide bonds. The Bertz CT molecular complexity index is 905. The molecule has 0 aliphatic carbocycles. The average molecular weight is 384 g/mol. The van der Waals surface area contributed by atoms with E-state index in [0.29, 0.717) is 5.75 Å². The largest absolute Gasteiger partial charge is 0.484 e. The van der Waals surface area contributed by atoms with Crippen LogP contribution in [0.25, 0.3) is 10.8 Å². The van der Waals surface area contributed by atoms with Crippen LogP contribution >= 0.6 is 15.9 Å². The first kappa shape index (κ1) is 16.5. The van der Waals surface area contributed by atoms with Crippen molar-refractivity contribution >= 4 is 38.3 Å². The number of hydrogen-bond acceptors (Lipinski definition) is 2. The van der Waals surface area contributed by atoms with Crippen LogP contribution in [0.2, 0.25) is 0 Å². The number of fused-ring (bicyclic) bond motifs is 1. The number of halogens is 1. The first-order valence-electron chi connectivity index (χ1n) is 7.70. The lowest BCUT2D eigenvalue weighted by atomic mass is 10.1. The van der Waals surface area contributed by atoms with Gasteiger partial charge >= 0.3 is 0 Å². The quantitative estimate of drug-likeness (QED) is 0.668. The van der Waals surface area contributed by atoms with Gasteiger partial charge in [-0.25, -0.2) is 0 Å². The molecule has 1 N–H and O–H groups in total. The molecule has 3 aromatic rings. The summed E-state index contributed by atoms with van der Waals surface area (Å²) in [5.74, 6) is 0.512. The van der Waals surface area contributed by atoms with Crippen molar-refractivity contribution in [1.82, 2.24) is 0 Å². The van der Waals surface area contributed by atoms with Crippen LogP contribution in [0.15, 0.2) is 59.1 Å². The van der Waals surface area contributed by atoms with Crippen molar-refractivity contribution in [3.05, 3.63) is 70.2 Å². The van der Waals surface area contributed by atoms with Gasteiger partial charge in [-0.15, -0.1) is 0 Å². The first-order chi connectivity index (χ1) is 11.5. The fourth-order valence-electron chi connectivity index (χ4n) is 2.57. The molecule has 0 heterocycles. The van der Waals surface area contributed by atoms with Crippen LogP contribution in [-0.2, 0) is 4.79 Å². The van der Waals surface area contributed by atoms with Crippen LogP contribution in [0.3, 0.4) is 0 Å². The number of ether oxygens (including phenoxy) is 1. The molecule has 3 rings (SSSR count). The second kappa shape index (κ2) is 7.05. The van der Waals surface area contributed by atoms with Crippen molar-refractivity contribution < 1.29 is 9.53 Å².